The van der Waals surface area contributed by atoms with E-state index in [0.29, 0.717) is 34.9 Å². The summed E-state index contributed by atoms with van der Waals surface area (Å²) in [7, 11) is 0. The Balaban J connectivity index is 1.30. The van der Waals surface area contributed by atoms with Crippen LogP contribution in [-0.4, -0.2) is 35.4 Å². The van der Waals surface area contributed by atoms with Crippen molar-refractivity contribution in [2.24, 2.45) is 28.3 Å². The summed E-state index contributed by atoms with van der Waals surface area (Å²) in [4.78, 5) is 35.7. The number of carbonyl (C=O) groups excluding carboxylic acids is 2. The van der Waals surface area contributed by atoms with Gasteiger partial charge in [-0.1, -0.05) is 0 Å². The smallest absolute Gasteiger partial charge is 0.328 e. The number of hydrazone groups is 1. The molecule has 5 aliphatic rings. The Labute approximate surface area is 197 Å². The monoisotopic (exact) mass is 467 g/mol. The van der Waals surface area contributed by atoms with Crippen LogP contribution in [0.1, 0.15) is 57.4 Å². The maximum absolute atomic E-state index is 12.9. The third kappa shape index (κ3) is 4.64. The summed E-state index contributed by atoms with van der Waals surface area (Å²) in [5.74, 6) is 1.37. The second-order valence-corrected chi connectivity index (χ2v) is 10.2. The molecule has 4 bridgehead atoms. The zero-order valence-electron chi connectivity index (χ0n) is 19.1. The van der Waals surface area contributed by atoms with Crippen LogP contribution >= 0.6 is 0 Å². The van der Waals surface area contributed by atoms with Crippen LogP contribution in [0.3, 0.4) is 0 Å². The molecule has 1 heterocycles. The van der Waals surface area contributed by atoms with E-state index in [2.05, 4.69) is 15.8 Å². The SMILES string of the molecule is CC(=NNC(=O)CC12CC3CC(CC(C3)C1)C2)c1cc2c(cc1NC(=O)C=CC(=O)O)OCO2. The molecule has 0 radical (unpaired) electrons. The van der Waals surface area contributed by atoms with E-state index in [-0.39, 0.29) is 18.1 Å². The van der Waals surface area contributed by atoms with Crippen molar-refractivity contribution in [2.75, 3.05) is 12.1 Å². The van der Waals surface area contributed by atoms with Crippen LogP contribution in [0.5, 0.6) is 11.5 Å². The lowest BCUT2D eigenvalue weighted by Crippen LogP contribution is -2.47. The van der Waals surface area contributed by atoms with Crippen LogP contribution in [0, 0.1) is 23.2 Å². The van der Waals surface area contributed by atoms with Gasteiger partial charge in [0, 0.05) is 30.2 Å². The molecule has 1 aromatic rings. The van der Waals surface area contributed by atoms with E-state index < -0.39 is 11.9 Å². The minimum absolute atomic E-state index is 0.0586. The van der Waals surface area contributed by atoms with Gasteiger partial charge in [-0.15, -0.1) is 0 Å². The number of carboxylic acids is 1. The molecule has 4 fully saturated rings. The number of nitrogens with one attached hydrogen (secondary N) is 2. The van der Waals surface area contributed by atoms with E-state index in [1.54, 1.807) is 19.1 Å². The van der Waals surface area contributed by atoms with Crippen LogP contribution in [0.15, 0.2) is 29.4 Å². The highest BCUT2D eigenvalue weighted by atomic mass is 16.7. The molecule has 4 aliphatic carbocycles. The van der Waals surface area contributed by atoms with E-state index in [4.69, 9.17) is 14.6 Å². The fourth-order valence-corrected chi connectivity index (χ4v) is 6.76. The van der Waals surface area contributed by atoms with Crippen molar-refractivity contribution >= 4 is 29.2 Å². The Hall–Kier alpha value is -3.36. The second kappa shape index (κ2) is 8.77. The van der Waals surface area contributed by atoms with Crippen molar-refractivity contribution in [3.63, 3.8) is 0 Å². The van der Waals surface area contributed by atoms with Crippen LogP contribution in [0.2, 0.25) is 0 Å². The number of rotatable bonds is 7. The molecular formula is C25H29N3O6. The fourth-order valence-electron chi connectivity index (χ4n) is 6.76. The van der Waals surface area contributed by atoms with Crippen molar-refractivity contribution in [3.05, 3.63) is 29.8 Å². The molecule has 9 heteroatoms. The summed E-state index contributed by atoms with van der Waals surface area (Å²) in [6, 6.07) is 3.28. The topological polar surface area (TPSA) is 126 Å². The highest BCUT2D eigenvalue weighted by Crippen LogP contribution is 2.61. The van der Waals surface area contributed by atoms with Crippen LogP contribution in [0.25, 0.3) is 0 Å². The van der Waals surface area contributed by atoms with Gasteiger partial charge in [-0.05, 0) is 74.7 Å². The number of aliphatic carboxylic acids is 1. The molecule has 1 aromatic carbocycles. The molecule has 3 N–H and O–H groups in total. The van der Waals surface area contributed by atoms with Crippen LogP contribution in [0.4, 0.5) is 5.69 Å². The second-order valence-electron chi connectivity index (χ2n) is 10.2. The predicted octanol–water partition coefficient (Wildman–Crippen LogP) is 3.44. The summed E-state index contributed by atoms with van der Waals surface area (Å²) >= 11 is 0. The van der Waals surface area contributed by atoms with Crippen molar-refractivity contribution in [2.45, 2.75) is 51.9 Å². The number of benzene rings is 1. The summed E-state index contributed by atoms with van der Waals surface area (Å²) in [5.41, 5.74) is 4.23. The van der Waals surface area contributed by atoms with E-state index in [9.17, 15) is 14.4 Å². The first kappa shape index (κ1) is 22.4. The molecule has 0 aromatic heterocycles. The van der Waals surface area contributed by atoms with Crippen molar-refractivity contribution < 1.29 is 29.0 Å². The number of fused-ring (bicyclic) bond motifs is 1. The molecule has 1 aliphatic heterocycles. The quantitative estimate of drug-likeness (QED) is 0.320. The van der Waals surface area contributed by atoms with Gasteiger partial charge in [0.1, 0.15) is 0 Å². The average molecular weight is 468 g/mol. The van der Waals surface area contributed by atoms with E-state index in [1.807, 2.05) is 0 Å². The Bertz CT molecular complexity index is 1060. The van der Waals surface area contributed by atoms with E-state index >= 15 is 0 Å². The van der Waals surface area contributed by atoms with Gasteiger partial charge in [0.25, 0.3) is 0 Å². The molecule has 0 atom stereocenters. The number of ether oxygens (including phenoxy) is 2. The van der Waals surface area contributed by atoms with Crippen LogP contribution in [-0.2, 0) is 14.4 Å². The molecule has 4 saturated carbocycles. The van der Waals surface area contributed by atoms with Gasteiger partial charge in [0.2, 0.25) is 18.6 Å². The largest absolute Gasteiger partial charge is 0.478 e. The van der Waals surface area contributed by atoms with Gasteiger partial charge in [0.05, 0.1) is 11.4 Å². The lowest BCUT2D eigenvalue weighted by Gasteiger charge is -2.56. The van der Waals surface area contributed by atoms with Crippen molar-refractivity contribution in [1.82, 2.24) is 5.43 Å². The fraction of sp³-hybridized carbons (Fsp3) is 0.520. The number of anilines is 1. The first-order chi connectivity index (χ1) is 16.3. The summed E-state index contributed by atoms with van der Waals surface area (Å²) < 4.78 is 10.8. The molecule has 9 nitrogen and oxygen atoms in total. The predicted molar refractivity (Wildman–Crippen MR) is 124 cm³/mol. The van der Waals surface area contributed by atoms with Gasteiger partial charge in [0.15, 0.2) is 11.5 Å². The molecule has 6 rings (SSSR count). The normalized spacial score (nSPS) is 28.9. The molecule has 180 valence electrons. The third-order valence-corrected chi connectivity index (χ3v) is 7.59. The Kier molecular flexibility index (Phi) is 5.79. The van der Waals surface area contributed by atoms with E-state index in [0.717, 1.165) is 49.2 Å². The first-order valence-electron chi connectivity index (χ1n) is 11.8. The van der Waals surface area contributed by atoms with Gasteiger partial charge >= 0.3 is 5.97 Å². The number of amides is 2. The van der Waals surface area contributed by atoms with Gasteiger partial charge in [-0.3, -0.25) is 9.59 Å². The number of hydrogen-bond acceptors (Lipinski definition) is 6. The molecule has 0 unspecified atom stereocenters. The van der Waals surface area contributed by atoms with Gasteiger partial charge < -0.3 is 19.9 Å². The molecular weight excluding hydrogens is 438 g/mol. The Morgan fingerprint density at radius 2 is 1.68 bits per heavy atom. The lowest BCUT2D eigenvalue weighted by atomic mass is 9.49. The maximum Gasteiger partial charge on any atom is 0.328 e. The maximum atomic E-state index is 12.9. The minimum atomic E-state index is -1.22. The van der Waals surface area contributed by atoms with Crippen molar-refractivity contribution in [3.8, 4) is 11.5 Å². The Morgan fingerprint density at radius 3 is 2.29 bits per heavy atom. The first-order valence-corrected chi connectivity index (χ1v) is 11.8. The third-order valence-electron chi connectivity index (χ3n) is 7.59. The highest BCUT2D eigenvalue weighted by molar-refractivity contribution is 6.10. The standard InChI is InChI=1S/C25H29N3O6/c1-14(27-28-23(30)12-25-9-15-4-16(10-25)6-17(5-15)11-25)18-7-20-21(34-13-33-20)8-19(18)26-22(29)2-3-24(31)32/h2-3,7-8,15-17H,4-6,9-13H2,1H3,(H,26,29)(H,28,30)(H,31,32). The average Bonchev–Trinajstić information content (AvgIpc) is 3.21. The minimum Gasteiger partial charge on any atom is -0.478 e. The molecule has 0 spiro atoms. The Morgan fingerprint density at radius 1 is 1.06 bits per heavy atom. The van der Waals surface area contributed by atoms with Gasteiger partial charge in [-0.2, -0.15) is 5.10 Å². The molecule has 0 saturated heterocycles. The zero-order valence-corrected chi connectivity index (χ0v) is 19.1. The number of nitrogens with zero attached hydrogens (tertiary/aromatic N) is 1. The zero-order chi connectivity index (χ0) is 23.9. The number of carboxylic acid groups (broad SMARTS) is 1. The lowest BCUT2D eigenvalue weighted by molar-refractivity contribution is -0.132. The number of carbonyl (C=O) groups is 3. The molecule has 2 amide bonds. The molecule has 34 heavy (non-hydrogen) atoms. The van der Waals surface area contributed by atoms with Crippen molar-refractivity contribution in [1.29, 1.82) is 0 Å². The highest BCUT2D eigenvalue weighted by Gasteiger charge is 2.51. The van der Waals surface area contributed by atoms with E-state index in [1.165, 1.54) is 19.3 Å². The summed E-state index contributed by atoms with van der Waals surface area (Å²) in [5, 5.41) is 15.7. The summed E-state index contributed by atoms with van der Waals surface area (Å²) in [6.45, 7) is 1.79. The van der Waals surface area contributed by atoms with Crippen LogP contribution < -0.4 is 20.2 Å². The van der Waals surface area contributed by atoms with Gasteiger partial charge in [-0.25, -0.2) is 10.2 Å². The summed E-state index contributed by atoms with van der Waals surface area (Å²) in [6.07, 6.45) is 9.63. The number of hydrogen-bond donors (Lipinski definition) is 3.